The van der Waals surface area contributed by atoms with Crippen LogP contribution in [0.15, 0.2) is 23.1 Å². The van der Waals surface area contributed by atoms with Crippen LogP contribution in [0.2, 0.25) is 0 Å². The Morgan fingerprint density at radius 3 is 2.54 bits per heavy atom. The monoisotopic (exact) mass is 416 g/mol. The van der Waals surface area contributed by atoms with Crippen LogP contribution in [0.4, 0.5) is 11.4 Å². The van der Waals surface area contributed by atoms with Gasteiger partial charge in [0.25, 0.3) is 12.2 Å². The molecule has 0 aromatic heterocycles. The van der Waals surface area contributed by atoms with E-state index in [2.05, 4.69) is 15.4 Å². The lowest BCUT2D eigenvalue weighted by molar-refractivity contribution is -0.384. The molecule has 0 bridgehead atoms. The van der Waals surface area contributed by atoms with Gasteiger partial charge in [-0.05, 0) is 64.8 Å². The van der Waals surface area contributed by atoms with Gasteiger partial charge in [0.15, 0.2) is 0 Å². The number of hydrogen-bond acceptors (Lipinski definition) is 8. The van der Waals surface area contributed by atoms with E-state index in [9.17, 15) is 23.3 Å². The van der Waals surface area contributed by atoms with Gasteiger partial charge in [0, 0.05) is 12.6 Å². The Kier molecular flexibility index (Phi) is 8.79. The Labute approximate surface area is 165 Å². The third kappa shape index (κ3) is 8.63. The number of primary sulfonamides is 1. The summed E-state index contributed by atoms with van der Waals surface area (Å²) in [5.74, 6) is 0.399. The number of carbonyl (C=O) groups excluding carboxylic acids is 1. The highest BCUT2D eigenvalue weighted by atomic mass is 32.2. The van der Waals surface area contributed by atoms with E-state index in [1.807, 2.05) is 20.8 Å². The standard InChI is InChI=1S/C12H18N4O4S.C5H10O2/c13-21(19,20)10-3-4-11(12(6-10)16(17)18)15-8-9-2-1-5-14-7-9;1-5(2,3)7-4-6/h3-4,6,9,14-15H,1-2,5,7-8H2,(H2,13,19,20);4H,1-3H3. The number of anilines is 1. The van der Waals surface area contributed by atoms with E-state index in [1.54, 1.807) is 0 Å². The summed E-state index contributed by atoms with van der Waals surface area (Å²) in [6, 6.07) is 3.63. The molecule has 1 aromatic rings. The van der Waals surface area contributed by atoms with Gasteiger partial charge >= 0.3 is 0 Å². The largest absolute Gasteiger partial charge is 0.462 e. The first-order valence-corrected chi connectivity index (χ1v) is 10.4. The average Bonchev–Trinajstić information content (AvgIpc) is 2.59. The van der Waals surface area contributed by atoms with Crippen LogP contribution < -0.4 is 15.8 Å². The number of nitrogens with one attached hydrogen (secondary N) is 2. The van der Waals surface area contributed by atoms with E-state index >= 15 is 0 Å². The maximum Gasteiger partial charge on any atom is 0.293 e. The van der Waals surface area contributed by atoms with Crippen molar-refractivity contribution in [1.29, 1.82) is 0 Å². The summed E-state index contributed by atoms with van der Waals surface area (Å²) in [4.78, 5) is 19.8. The molecule has 2 rings (SSSR count). The molecular formula is C17H28N4O6S. The molecule has 28 heavy (non-hydrogen) atoms. The van der Waals surface area contributed by atoms with Gasteiger partial charge in [0.2, 0.25) is 10.0 Å². The fraction of sp³-hybridized carbons (Fsp3) is 0.588. The first-order valence-electron chi connectivity index (χ1n) is 8.81. The fourth-order valence-electron chi connectivity index (χ4n) is 2.49. The number of nitrogens with zero attached hydrogens (tertiary/aromatic N) is 1. The number of hydrogen-bond donors (Lipinski definition) is 3. The van der Waals surface area contributed by atoms with Gasteiger partial charge < -0.3 is 15.4 Å². The highest BCUT2D eigenvalue weighted by Gasteiger charge is 2.20. The molecule has 4 N–H and O–H groups in total. The van der Waals surface area contributed by atoms with Crippen LogP contribution >= 0.6 is 0 Å². The molecular weight excluding hydrogens is 388 g/mol. The number of nitro groups is 1. The normalized spacial score (nSPS) is 17.1. The van der Waals surface area contributed by atoms with E-state index in [0.29, 0.717) is 24.6 Å². The third-order valence-electron chi connectivity index (χ3n) is 3.88. The van der Waals surface area contributed by atoms with Crippen molar-refractivity contribution in [2.24, 2.45) is 11.1 Å². The molecule has 158 valence electrons. The van der Waals surface area contributed by atoms with Crippen molar-refractivity contribution < 1.29 is 22.9 Å². The molecule has 0 radical (unpaired) electrons. The van der Waals surface area contributed by atoms with Gasteiger partial charge in [-0.1, -0.05) is 0 Å². The zero-order valence-electron chi connectivity index (χ0n) is 16.3. The van der Waals surface area contributed by atoms with Crippen molar-refractivity contribution in [3.63, 3.8) is 0 Å². The number of rotatable bonds is 6. The molecule has 1 aliphatic heterocycles. The van der Waals surface area contributed by atoms with Gasteiger partial charge in [-0.15, -0.1) is 0 Å². The van der Waals surface area contributed by atoms with Crippen LogP contribution in [0.5, 0.6) is 0 Å². The van der Waals surface area contributed by atoms with Crippen molar-refractivity contribution in [2.75, 3.05) is 25.0 Å². The number of benzene rings is 1. The zero-order valence-corrected chi connectivity index (χ0v) is 17.1. The summed E-state index contributed by atoms with van der Waals surface area (Å²) in [5, 5.41) is 22.4. The van der Waals surface area contributed by atoms with Crippen molar-refractivity contribution in [2.45, 2.75) is 44.1 Å². The van der Waals surface area contributed by atoms with Crippen molar-refractivity contribution in [3.8, 4) is 0 Å². The first-order chi connectivity index (χ1) is 12.9. The highest BCUT2D eigenvalue weighted by molar-refractivity contribution is 7.89. The Hall–Kier alpha value is -2.24. The predicted molar refractivity (Wildman–Crippen MR) is 105 cm³/mol. The quantitative estimate of drug-likeness (QED) is 0.359. The molecule has 1 aliphatic rings. The third-order valence-corrected chi connectivity index (χ3v) is 4.79. The molecule has 11 heteroatoms. The summed E-state index contributed by atoms with van der Waals surface area (Å²) >= 11 is 0. The molecule has 10 nitrogen and oxygen atoms in total. The van der Waals surface area contributed by atoms with E-state index in [1.165, 1.54) is 12.1 Å². The zero-order chi connectivity index (χ0) is 21.4. The summed E-state index contributed by atoms with van der Waals surface area (Å²) < 4.78 is 27.1. The number of carbonyl (C=O) groups is 1. The van der Waals surface area contributed by atoms with Crippen molar-refractivity contribution >= 4 is 27.9 Å². The second kappa shape index (κ2) is 10.3. The Bertz CT molecular complexity index is 770. The summed E-state index contributed by atoms with van der Waals surface area (Å²) in [7, 11) is -3.95. The molecule has 0 amide bonds. The molecule has 0 aliphatic carbocycles. The fourth-order valence-corrected chi connectivity index (χ4v) is 3.02. The van der Waals surface area contributed by atoms with Gasteiger partial charge in [0.1, 0.15) is 11.3 Å². The van der Waals surface area contributed by atoms with Gasteiger partial charge in [0.05, 0.1) is 9.82 Å². The first kappa shape index (κ1) is 23.8. The minimum absolute atomic E-state index is 0.265. The molecule has 0 spiro atoms. The number of nitrogens with two attached hydrogens (primary N) is 1. The van der Waals surface area contributed by atoms with E-state index in [-0.39, 0.29) is 16.2 Å². The number of nitro benzene ring substituents is 1. The van der Waals surface area contributed by atoms with E-state index in [4.69, 9.17) is 5.14 Å². The molecule has 1 fully saturated rings. The van der Waals surface area contributed by atoms with Gasteiger partial charge in [-0.25, -0.2) is 13.6 Å². The van der Waals surface area contributed by atoms with Crippen LogP contribution in [0.1, 0.15) is 33.6 Å². The summed E-state index contributed by atoms with van der Waals surface area (Å²) in [6.07, 6.45) is 2.14. The molecule has 1 saturated heterocycles. The maximum absolute atomic E-state index is 11.3. The topological polar surface area (TPSA) is 154 Å². The van der Waals surface area contributed by atoms with Crippen molar-refractivity contribution in [3.05, 3.63) is 28.3 Å². The van der Waals surface area contributed by atoms with Crippen LogP contribution in [0.3, 0.4) is 0 Å². The Balaban J connectivity index is 0.000000480. The smallest absolute Gasteiger partial charge is 0.293 e. The molecule has 1 atom stereocenters. The summed E-state index contributed by atoms with van der Waals surface area (Å²) in [5.41, 5.74) is -0.301. The minimum atomic E-state index is -3.95. The number of piperidine rings is 1. The second-order valence-electron chi connectivity index (χ2n) is 7.40. The van der Waals surface area contributed by atoms with Crippen molar-refractivity contribution in [1.82, 2.24) is 5.32 Å². The van der Waals surface area contributed by atoms with Crippen LogP contribution in [0, 0.1) is 16.0 Å². The van der Waals surface area contributed by atoms with Crippen LogP contribution in [-0.4, -0.2) is 45.0 Å². The van der Waals surface area contributed by atoms with E-state index in [0.717, 1.165) is 32.0 Å². The summed E-state index contributed by atoms with van der Waals surface area (Å²) in [6.45, 7) is 8.39. The lowest BCUT2D eigenvalue weighted by atomic mass is 10.00. The van der Waals surface area contributed by atoms with Gasteiger partial charge in [-0.2, -0.15) is 0 Å². The van der Waals surface area contributed by atoms with Gasteiger partial charge in [-0.3, -0.25) is 14.9 Å². The SMILES string of the molecule is CC(C)(C)OC=O.NS(=O)(=O)c1ccc(NCC2CCCNC2)c([N+](=O)[O-])c1. The Morgan fingerprint density at radius 1 is 1.43 bits per heavy atom. The van der Waals surface area contributed by atoms with E-state index < -0.39 is 14.9 Å². The lowest BCUT2D eigenvalue weighted by Crippen LogP contribution is -2.33. The highest BCUT2D eigenvalue weighted by Crippen LogP contribution is 2.27. The molecule has 1 heterocycles. The molecule has 0 saturated carbocycles. The second-order valence-corrected chi connectivity index (χ2v) is 8.96. The lowest BCUT2D eigenvalue weighted by Gasteiger charge is -2.23. The minimum Gasteiger partial charge on any atom is -0.462 e. The van der Waals surface area contributed by atoms with Crippen LogP contribution in [0.25, 0.3) is 0 Å². The number of sulfonamides is 1. The molecule has 1 unspecified atom stereocenters. The molecule has 1 aromatic carbocycles. The Morgan fingerprint density at radius 2 is 2.11 bits per heavy atom. The van der Waals surface area contributed by atoms with Crippen LogP contribution in [-0.2, 0) is 19.6 Å². The number of ether oxygens (including phenoxy) is 1. The average molecular weight is 417 g/mol. The maximum atomic E-state index is 11.3. The predicted octanol–water partition coefficient (Wildman–Crippen LogP) is 1.61.